The van der Waals surface area contributed by atoms with Gasteiger partial charge in [0.15, 0.2) is 5.11 Å². The fraction of sp³-hybridized carbons (Fsp3) is 0.280. The molecule has 3 aromatic rings. The first-order chi connectivity index (χ1) is 16.6. The smallest absolute Gasteiger partial charge is 0.341 e. The summed E-state index contributed by atoms with van der Waals surface area (Å²) in [4.78, 5) is 13.7. The number of esters is 1. The number of rotatable bonds is 6. The number of fused-ring (bicyclic) bond motifs is 1. The highest BCUT2D eigenvalue weighted by Crippen LogP contribution is 2.39. The van der Waals surface area contributed by atoms with Crippen LogP contribution < -0.4 is 15.4 Å². The van der Waals surface area contributed by atoms with E-state index in [2.05, 4.69) is 15.4 Å². The van der Waals surface area contributed by atoms with Crippen LogP contribution in [-0.2, 0) is 27.6 Å². The molecular weight excluding hydrogens is 502 g/mol. The summed E-state index contributed by atoms with van der Waals surface area (Å²) in [5.74, 6) is -0.379. The maximum atomic E-state index is 13.0. The molecule has 10 heteroatoms. The van der Waals surface area contributed by atoms with Crippen molar-refractivity contribution in [2.24, 2.45) is 0 Å². The molecule has 184 valence electrons. The minimum atomic E-state index is -3.76. The summed E-state index contributed by atoms with van der Waals surface area (Å²) in [6, 6.07) is 10.2. The number of anilines is 3. The maximum Gasteiger partial charge on any atom is 0.341 e. The number of thiophene rings is 1. The second-order valence-electron chi connectivity index (χ2n) is 8.54. The molecule has 0 atom stereocenters. The first kappa shape index (κ1) is 25.2. The SMILES string of the molecule is COC(=O)c1c(NC(=S)Nc2ccc(S(=O)(=O)Nc3c(C)cc(C)cc3C)cc2)sc2c1CCC2. The van der Waals surface area contributed by atoms with Crippen LogP contribution in [0.4, 0.5) is 16.4 Å². The molecule has 7 nitrogen and oxygen atoms in total. The van der Waals surface area contributed by atoms with Gasteiger partial charge in [-0.15, -0.1) is 11.3 Å². The van der Waals surface area contributed by atoms with Crippen LogP contribution in [0.5, 0.6) is 0 Å². The van der Waals surface area contributed by atoms with Crippen LogP contribution in [0.25, 0.3) is 0 Å². The number of aryl methyl sites for hydroxylation is 4. The molecule has 1 aromatic heterocycles. The summed E-state index contributed by atoms with van der Waals surface area (Å²) in [5, 5.41) is 7.12. The summed E-state index contributed by atoms with van der Waals surface area (Å²) in [6.07, 6.45) is 2.82. The van der Waals surface area contributed by atoms with Crippen molar-refractivity contribution < 1.29 is 17.9 Å². The molecule has 3 N–H and O–H groups in total. The summed E-state index contributed by atoms with van der Waals surface area (Å²) in [6.45, 7) is 5.74. The lowest BCUT2D eigenvalue weighted by atomic mass is 10.1. The summed E-state index contributed by atoms with van der Waals surface area (Å²) in [7, 11) is -2.39. The second kappa shape index (κ2) is 9.96. The highest BCUT2D eigenvalue weighted by Gasteiger charge is 2.27. The van der Waals surface area contributed by atoms with Crippen molar-refractivity contribution in [2.75, 3.05) is 22.5 Å². The molecule has 35 heavy (non-hydrogen) atoms. The molecule has 0 bridgehead atoms. The van der Waals surface area contributed by atoms with E-state index in [4.69, 9.17) is 17.0 Å². The van der Waals surface area contributed by atoms with Crippen LogP contribution >= 0.6 is 23.6 Å². The quantitative estimate of drug-likeness (QED) is 0.284. The Hall–Kier alpha value is -2.95. The van der Waals surface area contributed by atoms with Gasteiger partial charge in [0.1, 0.15) is 5.00 Å². The van der Waals surface area contributed by atoms with Gasteiger partial charge in [-0.05, 0) is 93.2 Å². The number of benzene rings is 2. The van der Waals surface area contributed by atoms with Gasteiger partial charge in [-0.25, -0.2) is 13.2 Å². The van der Waals surface area contributed by atoms with E-state index in [1.807, 2.05) is 32.9 Å². The fourth-order valence-electron chi connectivity index (χ4n) is 4.33. The van der Waals surface area contributed by atoms with Gasteiger partial charge in [0.2, 0.25) is 0 Å². The van der Waals surface area contributed by atoms with Crippen LogP contribution in [-0.4, -0.2) is 26.6 Å². The summed E-state index contributed by atoms with van der Waals surface area (Å²) in [5.41, 5.74) is 5.60. The van der Waals surface area contributed by atoms with Gasteiger partial charge in [-0.2, -0.15) is 0 Å². The molecule has 0 spiro atoms. The Labute approximate surface area is 215 Å². The number of thiocarbonyl (C=S) groups is 1. The molecule has 0 saturated heterocycles. The molecule has 0 saturated carbocycles. The Morgan fingerprint density at radius 2 is 1.69 bits per heavy atom. The lowest BCUT2D eigenvalue weighted by Gasteiger charge is -2.15. The zero-order valence-corrected chi connectivity index (χ0v) is 22.4. The predicted molar refractivity (Wildman–Crippen MR) is 145 cm³/mol. The van der Waals surface area contributed by atoms with Gasteiger partial charge in [0.25, 0.3) is 10.0 Å². The maximum absolute atomic E-state index is 13.0. The standard InChI is InChI=1S/C25H27N3O4S3/c1-14-12-15(2)22(16(3)13-14)28-35(30,31)18-10-8-17(9-11-18)26-25(33)27-23-21(24(29)32-4)19-6-5-7-20(19)34-23/h8-13,28H,5-7H2,1-4H3,(H2,26,27,33). The van der Waals surface area contributed by atoms with E-state index >= 15 is 0 Å². The largest absolute Gasteiger partial charge is 0.465 e. The Bertz CT molecular complexity index is 1390. The van der Waals surface area contributed by atoms with E-state index in [-0.39, 0.29) is 10.9 Å². The Kier molecular flexibility index (Phi) is 7.16. The van der Waals surface area contributed by atoms with Gasteiger partial charge in [0.05, 0.1) is 23.3 Å². The minimum Gasteiger partial charge on any atom is -0.465 e. The highest BCUT2D eigenvalue weighted by molar-refractivity contribution is 7.92. The lowest BCUT2D eigenvalue weighted by Crippen LogP contribution is -2.20. The number of nitrogens with one attached hydrogen (secondary N) is 3. The van der Waals surface area contributed by atoms with Crippen LogP contribution in [0.1, 0.15) is 43.9 Å². The van der Waals surface area contributed by atoms with E-state index < -0.39 is 10.0 Å². The van der Waals surface area contributed by atoms with Crippen molar-refractivity contribution in [1.82, 2.24) is 0 Å². The highest BCUT2D eigenvalue weighted by atomic mass is 32.2. The van der Waals surface area contributed by atoms with Crippen LogP contribution in [0.2, 0.25) is 0 Å². The van der Waals surface area contributed by atoms with Gasteiger partial charge in [-0.3, -0.25) is 4.72 Å². The number of carbonyl (C=O) groups is 1. The molecule has 1 aliphatic rings. The third kappa shape index (κ3) is 5.34. The van der Waals surface area contributed by atoms with Crippen molar-refractivity contribution in [1.29, 1.82) is 0 Å². The number of sulfonamides is 1. The van der Waals surface area contributed by atoms with Crippen molar-refractivity contribution in [2.45, 2.75) is 44.9 Å². The molecule has 2 aromatic carbocycles. The van der Waals surface area contributed by atoms with Gasteiger partial charge in [0, 0.05) is 10.6 Å². The summed E-state index contributed by atoms with van der Waals surface area (Å²) < 4.78 is 33.6. The number of hydrogen-bond donors (Lipinski definition) is 3. The molecule has 0 fully saturated rings. The second-order valence-corrected chi connectivity index (χ2v) is 11.7. The van der Waals surface area contributed by atoms with Crippen molar-refractivity contribution in [3.8, 4) is 0 Å². The van der Waals surface area contributed by atoms with E-state index in [1.54, 1.807) is 12.1 Å². The Morgan fingerprint density at radius 1 is 1.03 bits per heavy atom. The monoisotopic (exact) mass is 529 g/mol. The minimum absolute atomic E-state index is 0.143. The van der Waals surface area contributed by atoms with Gasteiger partial charge in [-0.1, -0.05) is 17.7 Å². The van der Waals surface area contributed by atoms with Crippen LogP contribution in [0.15, 0.2) is 41.3 Å². The lowest BCUT2D eigenvalue weighted by molar-refractivity contribution is 0.0601. The van der Waals surface area contributed by atoms with E-state index in [1.165, 1.54) is 35.5 Å². The summed E-state index contributed by atoms with van der Waals surface area (Å²) >= 11 is 6.96. The van der Waals surface area contributed by atoms with Crippen molar-refractivity contribution in [3.05, 3.63) is 69.1 Å². The fourth-order valence-corrected chi connectivity index (χ4v) is 7.10. The van der Waals surface area contributed by atoms with Gasteiger partial charge < -0.3 is 15.4 Å². The average molecular weight is 530 g/mol. The third-order valence-electron chi connectivity index (χ3n) is 5.87. The molecule has 0 unspecified atom stereocenters. The van der Waals surface area contributed by atoms with Crippen molar-refractivity contribution in [3.63, 3.8) is 0 Å². The van der Waals surface area contributed by atoms with Crippen LogP contribution in [0, 0.1) is 20.8 Å². The van der Waals surface area contributed by atoms with E-state index in [9.17, 15) is 13.2 Å². The molecule has 1 heterocycles. The number of hydrogen-bond acceptors (Lipinski definition) is 6. The van der Waals surface area contributed by atoms with E-state index in [0.717, 1.165) is 41.5 Å². The first-order valence-electron chi connectivity index (χ1n) is 11.1. The van der Waals surface area contributed by atoms with Crippen LogP contribution in [0.3, 0.4) is 0 Å². The average Bonchev–Trinajstić information content (AvgIpc) is 3.37. The molecule has 0 amide bonds. The number of carbonyl (C=O) groups excluding carboxylic acids is 1. The molecular formula is C25H27N3O4S3. The normalized spacial score (nSPS) is 12.7. The molecule has 0 radical (unpaired) electrons. The van der Waals surface area contributed by atoms with Crippen molar-refractivity contribution >= 4 is 61.0 Å². The molecule has 1 aliphatic carbocycles. The topological polar surface area (TPSA) is 96.5 Å². The first-order valence-corrected chi connectivity index (χ1v) is 13.8. The third-order valence-corrected chi connectivity index (χ3v) is 8.65. The predicted octanol–water partition coefficient (Wildman–Crippen LogP) is 5.56. The zero-order chi connectivity index (χ0) is 25.3. The molecule has 0 aliphatic heterocycles. The molecule has 4 rings (SSSR count). The van der Waals surface area contributed by atoms with Gasteiger partial charge >= 0.3 is 5.97 Å². The van der Waals surface area contributed by atoms with E-state index in [0.29, 0.717) is 27.1 Å². The number of ether oxygens (including phenoxy) is 1. The zero-order valence-electron chi connectivity index (χ0n) is 19.9. The Morgan fingerprint density at radius 3 is 2.31 bits per heavy atom. The number of methoxy groups -OCH3 is 1. The Balaban J connectivity index is 1.46.